The van der Waals surface area contributed by atoms with Crippen molar-refractivity contribution < 1.29 is 9.59 Å². The molecular weight excluding hydrogens is 308 g/mol. The lowest BCUT2D eigenvalue weighted by Crippen LogP contribution is -2.42. The number of carbonyl (C=O) groups excluding carboxylic acids is 2. The Morgan fingerprint density at radius 3 is 2.57 bits per heavy atom. The second-order valence-electron chi connectivity index (χ2n) is 6.51. The van der Waals surface area contributed by atoms with E-state index >= 15 is 0 Å². The van der Waals surface area contributed by atoms with E-state index in [1.807, 2.05) is 20.8 Å². The minimum absolute atomic E-state index is 0.0110. The van der Waals surface area contributed by atoms with E-state index in [0.29, 0.717) is 6.54 Å². The molecule has 0 spiro atoms. The van der Waals surface area contributed by atoms with Crippen LogP contribution in [0.15, 0.2) is 6.07 Å². The van der Waals surface area contributed by atoms with Gasteiger partial charge in [-0.1, -0.05) is 12.8 Å². The van der Waals surface area contributed by atoms with Crippen LogP contribution in [0.2, 0.25) is 0 Å². The molecule has 1 heterocycles. The van der Waals surface area contributed by atoms with Crippen molar-refractivity contribution in [2.45, 2.75) is 65.3 Å². The van der Waals surface area contributed by atoms with E-state index < -0.39 is 0 Å². The molecule has 0 atom stereocenters. The van der Waals surface area contributed by atoms with Gasteiger partial charge in [-0.25, -0.2) is 0 Å². The first-order valence-electron chi connectivity index (χ1n) is 8.71. The average molecular weight is 337 g/mol. The van der Waals surface area contributed by atoms with Gasteiger partial charge in [0, 0.05) is 17.5 Å². The molecule has 0 aromatic carbocycles. The highest BCUT2D eigenvalue weighted by Gasteiger charge is 2.21. The fraction of sp³-hybridized carbons (Fsp3) is 0.667. The van der Waals surface area contributed by atoms with Crippen LogP contribution in [0, 0.1) is 0 Å². The van der Waals surface area contributed by atoms with Crippen LogP contribution in [0.25, 0.3) is 0 Å². The van der Waals surface area contributed by atoms with Crippen LogP contribution in [0.1, 0.15) is 66.6 Å². The van der Waals surface area contributed by atoms with Gasteiger partial charge in [-0.2, -0.15) is 0 Å². The van der Waals surface area contributed by atoms with Gasteiger partial charge in [0.15, 0.2) is 0 Å². The fourth-order valence-electron chi connectivity index (χ4n) is 2.97. The van der Waals surface area contributed by atoms with Crippen molar-refractivity contribution in [3.05, 3.63) is 21.4 Å². The largest absolute Gasteiger partial charge is 0.352 e. The Labute approximate surface area is 143 Å². The summed E-state index contributed by atoms with van der Waals surface area (Å²) < 4.78 is 0. The molecule has 0 radical (unpaired) electrons. The number of rotatable bonds is 5. The molecule has 23 heavy (non-hydrogen) atoms. The van der Waals surface area contributed by atoms with Crippen LogP contribution in [0.4, 0.5) is 0 Å². The summed E-state index contributed by atoms with van der Waals surface area (Å²) in [6.45, 7) is 6.46. The van der Waals surface area contributed by atoms with Gasteiger partial charge in [-0.15, -0.1) is 11.3 Å². The predicted molar refractivity (Wildman–Crippen MR) is 95.1 cm³/mol. The monoisotopic (exact) mass is 336 g/mol. The number of likely N-dealkylation sites (N-methyl/N-ethyl adjacent to an activating group) is 1. The zero-order valence-electron chi connectivity index (χ0n) is 14.5. The molecule has 128 valence electrons. The first kappa shape index (κ1) is 18.0. The number of carbonyl (C=O) groups is 2. The van der Waals surface area contributed by atoms with E-state index in [4.69, 9.17) is 0 Å². The van der Waals surface area contributed by atoms with Crippen molar-refractivity contribution in [1.29, 1.82) is 0 Å². The minimum atomic E-state index is -0.0925. The van der Waals surface area contributed by atoms with Gasteiger partial charge in [0.2, 0.25) is 5.91 Å². The maximum atomic E-state index is 12.7. The summed E-state index contributed by atoms with van der Waals surface area (Å²) in [5.74, 6) is -0.103. The summed E-state index contributed by atoms with van der Waals surface area (Å²) in [5.41, 5.74) is 1.35. The van der Waals surface area contributed by atoms with Crippen molar-refractivity contribution in [3.8, 4) is 0 Å². The molecule has 2 amide bonds. The summed E-state index contributed by atoms with van der Waals surface area (Å²) in [7, 11) is 0. The van der Waals surface area contributed by atoms with Crippen molar-refractivity contribution in [1.82, 2.24) is 10.2 Å². The van der Waals surface area contributed by atoms with Gasteiger partial charge < -0.3 is 10.2 Å². The lowest BCUT2D eigenvalue weighted by molar-refractivity contribution is -0.122. The molecule has 4 nitrogen and oxygen atoms in total. The molecule has 1 aliphatic carbocycles. The molecule has 1 aromatic rings. The lowest BCUT2D eigenvalue weighted by Gasteiger charge is -2.20. The highest BCUT2D eigenvalue weighted by atomic mass is 32.1. The Balaban J connectivity index is 2.08. The zero-order valence-corrected chi connectivity index (χ0v) is 15.3. The van der Waals surface area contributed by atoms with Crippen molar-refractivity contribution in [3.63, 3.8) is 0 Å². The smallest absolute Gasteiger partial charge is 0.264 e. The third-order valence-corrected chi connectivity index (χ3v) is 5.39. The van der Waals surface area contributed by atoms with E-state index in [2.05, 4.69) is 11.4 Å². The van der Waals surface area contributed by atoms with Gasteiger partial charge in [-0.05, 0) is 58.1 Å². The van der Waals surface area contributed by atoms with Crippen molar-refractivity contribution >= 4 is 23.2 Å². The van der Waals surface area contributed by atoms with Crippen LogP contribution in [0.3, 0.4) is 0 Å². The van der Waals surface area contributed by atoms with Crippen LogP contribution in [-0.2, 0) is 17.6 Å². The molecule has 0 unspecified atom stereocenters. The van der Waals surface area contributed by atoms with Gasteiger partial charge in [0.1, 0.15) is 0 Å². The van der Waals surface area contributed by atoms with E-state index in [1.165, 1.54) is 36.1 Å². The van der Waals surface area contributed by atoms with E-state index in [-0.39, 0.29) is 24.4 Å². The second-order valence-corrected chi connectivity index (χ2v) is 7.65. The quantitative estimate of drug-likeness (QED) is 0.896. The van der Waals surface area contributed by atoms with Gasteiger partial charge in [-0.3, -0.25) is 9.59 Å². The Kier molecular flexibility index (Phi) is 6.63. The highest BCUT2D eigenvalue weighted by Crippen LogP contribution is 2.29. The molecule has 0 aliphatic heterocycles. The van der Waals surface area contributed by atoms with Crippen LogP contribution >= 0.6 is 11.3 Å². The number of hydrogen-bond acceptors (Lipinski definition) is 3. The molecule has 0 bridgehead atoms. The van der Waals surface area contributed by atoms with Gasteiger partial charge in [0.05, 0.1) is 11.4 Å². The average Bonchev–Trinajstić information content (AvgIpc) is 2.85. The molecular formula is C18H28N2O2S. The number of fused-ring (bicyclic) bond motifs is 1. The number of nitrogens with one attached hydrogen (secondary N) is 1. The summed E-state index contributed by atoms with van der Waals surface area (Å²) in [4.78, 5) is 28.5. The number of hydrogen-bond donors (Lipinski definition) is 1. The summed E-state index contributed by atoms with van der Waals surface area (Å²) in [5, 5.41) is 2.85. The maximum Gasteiger partial charge on any atom is 0.264 e. The zero-order chi connectivity index (χ0) is 16.8. The van der Waals surface area contributed by atoms with E-state index in [0.717, 1.165) is 17.7 Å². The molecule has 1 aliphatic rings. The molecule has 0 saturated carbocycles. The number of amides is 2. The standard InChI is InChI=1S/C18H28N2O2S/c1-4-20(12-17(21)19-13(2)3)18(22)16-11-14-9-7-5-6-8-10-15(14)23-16/h11,13H,4-10,12H2,1-3H3,(H,19,21). The Bertz CT molecular complexity index is 526. The molecule has 5 heteroatoms. The number of aryl methyl sites for hydroxylation is 2. The molecule has 1 aromatic heterocycles. The third-order valence-electron chi connectivity index (χ3n) is 4.16. The third kappa shape index (κ3) is 5.06. The topological polar surface area (TPSA) is 49.4 Å². The van der Waals surface area contributed by atoms with E-state index in [9.17, 15) is 9.59 Å². The molecule has 0 saturated heterocycles. The number of nitrogens with zero attached hydrogens (tertiary/aromatic N) is 1. The summed E-state index contributed by atoms with van der Waals surface area (Å²) >= 11 is 1.63. The first-order valence-corrected chi connectivity index (χ1v) is 9.53. The summed E-state index contributed by atoms with van der Waals surface area (Å²) in [6, 6.07) is 2.16. The maximum absolute atomic E-state index is 12.7. The van der Waals surface area contributed by atoms with Crippen LogP contribution in [0.5, 0.6) is 0 Å². The minimum Gasteiger partial charge on any atom is -0.352 e. The second kappa shape index (κ2) is 8.48. The number of thiophene rings is 1. The van der Waals surface area contributed by atoms with E-state index in [1.54, 1.807) is 16.2 Å². The molecule has 1 N–H and O–H groups in total. The van der Waals surface area contributed by atoms with Crippen molar-refractivity contribution in [2.24, 2.45) is 0 Å². The molecule has 2 rings (SSSR count). The van der Waals surface area contributed by atoms with Crippen LogP contribution in [-0.4, -0.2) is 35.8 Å². The highest BCUT2D eigenvalue weighted by molar-refractivity contribution is 7.14. The Hall–Kier alpha value is -1.36. The molecule has 0 fully saturated rings. The Morgan fingerprint density at radius 2 is 1.91 bits per heavy atom. The lowest BCUT2D eigenvalue weighted by atomic mass is 10.00. The SMILES string of the molecule is CCN(CC(=O)NC(C)C)C(=O)c1cc2c(s1)CCCCCC2. The first-order chi connectivity index (χ1) is 11.0. The normalized spacial score (nSPS) is 14.8. The fourth-order valence-corrected chi connectivity index (χ4v) is 4.20. The summed E-state index contributed by atoms with van der Waals surface area (Å²) in [6.07, 6.45) is 7.18. The van der Waals surface area contributed by atoms with Crippen molar-refractivity contribution in [2.75, 3.05) is 13.1 Å². The Morgan fingerprint density at radius 1 is 1.22 bits per heavy atom. The predicted octanol–water partition coefficient (Wildman–Crippen LogP) is 3.39. The van der Waals surface area contributed by atoms with Crippen LogP contribution < -0.4 is 5.32 Å². The van der Waals surface area contributed by atoms with Gasteiger partial charge in [0.25, 0.3) is 5.91 Å². The van der Waals surface area contributed by atoms with Gasteiger partial charge >= 0.3 is 0 Å².